The van der Waals surface area contributed by atoms with Gasteiger partial charge < -0.3 is 0 Å². The molecule has 0 spiro atoms. The first-order chi connectivity index (χ1) is 10.3. The molecule has 0 aliphatic heterocycles. The van der Waals surface area contributed by atoms with Crippen LogP contribution in [0.3, 0.4) is 0 Å². The molecule has 114 valence electrons. The van der Waals surface area contributed by atoms with Crippen molar-refractivity contribution in [3.8, 4) is 6.07 Å². The Balaban J connectivity index is 2.68. The highest BCUT2D eigenvalue weighted by Crippen LogP contribution is 2.43. The van der Waals surface area contributed by atoms with E-state index in [-0.39, 0.29) is 21.9 Å². The lowest BCUT2D eigenvalue weighted by molar-refractivity contribution is 0.568. The minimum atomic E-state index is -3.85. The summed E-state index contributed by atoms with van der Waals surface area (Å²) in [5.41, 5.74) is 0.564. The van der Waals surface area contributed by atoms with Gasteiger partial charge in [-0.3, -0.25) is 0 Å². The molecule has 0 bridgehead atoms. The summed E-state index contributed by atoms with van der Waals surface area (Å²) in [6.45, 7) is 1.68. The molecule has 2 aromatic rings. The van der Waals surface area contributed by atoms with Gasteiger partial charge in [-0.1, -0.05) is 48.3 Å². The van der Waals surface area contributed by atoms with Crippen LogP contribution in [0, 0.1) is 11.3 Å². The Morgan fingerprint density at radius 3 is 2.36 bits per heavy atom. The third-order valence-corrected chi connectivity index (χ3v) is 6.97. The van der Waals surface area contributed by atoms with Crippen LogP contribution in [-0.4, -0.2) is 8.42 Å². The van der Waals surface area contributed by atoms with E-state index in [1.54, 1.807) is 25.1 Å². The SMILES string of the molecule is CCC(Cl)(c1cc(Cl)cc(C#N)c1)S(=O)(=O)c1ccccc1. The summed E-state index contributed by atoms with van der Waals surface area (Å²) in [4.78, 5) is 0.130. The van der Waals surface area contributed by atoms with Gasteiger partial charge in [-0.05, 0) is 42.3 Å². The van der Waals surface area contributed by atoms with Crippen molar-refractivity contribution in [1.82, 2.24) is 0 Å². The lowest BCUT2D eigenvalue weighted by atomic mass is 10.1. The molecule has 1 atom stereocenters. The topological polar surface area (TPSA) is 57.9 Å². The fraction of sp³-hybridized carbons (Fsp3) is 0.188. The van der Waals surface area contributed by atoms with Crippen LogP contribution in [0.15, 0.2) is 53.4 Å². The van der Waals surface area contributed by atoms with Crippen LogP contribution in [0.2, 0.25) is 5.02 Å². The zero-order valence-corrected chi connectivity index (χ0v) is 14.1. The van der Waals surface area contributed by atoms with Crippen molar-refractivity contribution in [2.75, 3.05) is 0 Å². The van der Waals surface area contributed by atoms with E-state index in [1.165, 1.54) is 30.3 Å². The predicted molar refractivity (Wildman–Crippen MR) is 87.6 cm³/mol. The maximum atomic E-state index is 12.9. The van der Waals surface area contributed by atoms with Crippen molar-refractivity contribution in [1.29, 1.82) is 5.26 Å². The molecular formula is C16H13Cl2NO2S. The zero-order chi connectivity index (χ0) is 16.4. The van der Waals surface area contributed by atoms with Gasteiger partial charge in [-0.15, -0.1) is 0 Å². The van der Waals surface area contributed by atoms with Crippen LogP contribution in [0.25, 0.3) is 0 Å². The maximum absolute atomic E-state index is 12.9. The Labute approximate surface area is 140 Å². The molecule has 0 aromatic heterocycles. The Morgan fingerprint density at radius 1 is 1.18 bits per heavy atom. The molecule has 0 fully saturated rings. The van der Waals surface area contributed by atoms with E-state index >= 15 is 0 Å². The van der Waals surface area contributed by atoms with Crippen LogP contribution >= 0.6 is 23.2 Å². The number of rotatable bonds is 4. The molecule has 0 amide bonds. The van der Waals surface area contributed by atoms with E-state index in [9.17, 15) is 8.42 Å². The molecule has 0 saturated heterocycles. The molecule has 0 saturated carbocycles. The molecule has 0 aliphatic carbocycles. The summed E-state index contributed by atoms with van der Waals surface area (Å²) in [7, 11) is -3.85. The fourth-order valence-corrected chi connectivity index (χ4v) is 4.51. The van der Waals surface area contributed by atoms with Crippen molar-refractivity contribution < 1.29 is 8.42 Å². The largest absolute Gasteiger partial charge is 0.221 e. The van der Waals surface area contributed by atoms with Gasteiger partial charge >= 0.3 is 0 Å². The summed E-state index contributed by atoms with van der Waals surface area (Å²) >= 11 is 12.5. The van der Waals surface area contributed by atoms with Crippen molar-refractivity contribution in [2.45, 2.75) is 22.4 Å². The van der Waals surface area contributed by atoms with E-state index in [0.29, 0.717) is 5.56 Å². The standard InChI is InChI=1S/C16H13Cl2NO2S/c1-2-16(18,13-8-12(11-19)9-14(17)10-13)22(20,21)15-6-4-3-5-7-15/h3-10H,2H2,1H3. The summed E-state index contributed by atoms with van der Waals surface area (Å²) < 4.78 is 24.2. The van der Waals surface area contributed by atoms with E-state index in [0.717, 1.165) is 0 Å². The molecule has 3 nitrogen and oxygen atoms in total. The molecule has 0 heterocycles. The van der Waals surface area contributed by atoms with Crippen LogP contribution in [-0.2, 0) is 14.0 Å². The van der Waals surface area contributed by atoms with Gasteiger partial charge in [0.05, 0.1) is 16.5 Å². The highest BCUT2D eigenvalue weighted by atomic mass is 35.5. The number of nitriles is 1. The first-order valence-electron chi connectivity index (χ1n) is 6.55. The zero-order valence-electron chi connectivity index (χ0n) is 11.8. The van der Waals surface area contributed by atoms with Crippen LogP contribution in [0.4, 0.5) is 0 Å². The number of sulfone groups is 1. The summed E-state index contributed by atoms with van der Waals surface area (Å²) in [6, 6.07) is 14.4. The van der Waals surface area contributed by atoms with Gasteiger partial charge in [-0.2, -0.15) is 5.26 Å². The van der Waals surface area contributed by atoms with Gasteiger partial charge in [0.2, 0.25) is 9.84 Å². The van der Waals surface area contributed by atoms with Gasteiger partial charge in [-0.25, -0.2) is 8.42 Å². The fourth-order valence-electron chi connectivity index (χ4n) is 2.21. The van der Waals surface area contributed by atoms with Gasteiger partial charge in [0, 0.05) is 5.02 Å². The molecule has 0 radical (unpaired) electrons. The first-order valence-corrected chi connectivity index (χ1v) is 8.79. The summed E-state index contributed by atoms with van der Waals surface area (Å²) in [5, 5.41) is 9.32. The van der Waals surface area contributed by atoms with Crippen molar-refractivity contribution in [2.24, 2.45) is 0 Å². The van der Waals surface area contributed by atoms with Crippen molar-refractivity contribution in [3.05, 3.63) is 64.7 Å². The molecular weight excluding hydrogens is 341 g/mol. The summed E-state index contributed by atoms with van der Waals surface area (Å²) in [6.07, 6.45) is 0.136. The monoisotopic (exact) mass is 353 g/mol. The molecule has 0 aliphatic rings. The number of benzene rings is 2. The smallest absolute Gasteiger partial charge is 0.202 e. The second kappa shape index (κ2) is 6.29. The molecule has 2 aromatic carbocycles. The third-order valence-electron chi connectivity index (χ3n) is 3.39. The lowest BCUT2D eigenvalue weighted by Crippen LogP contribution is -2.29. The second-order valence-corrected chi connectivity index (χ2v) is 8.22. The Kier molecular flexibility index (Phi) is 4.81. The van der Waals surface area contributed by atoms with Gasteiger partial charge in [0.25, 0.3) is 0 Å². The minimum Gasteiger partial charge on any atom is -0.221 e. The van der Waals surface area contributed by atoms with Crippen LogP contribution in [0.5, 0.6) is 0 Å². The quantitative estimate of drug-likeness (QED) is 0.761. The molecule has 0 N–H and O–H groups in total. The third kappa shape index (κ3) is 2.85. The molecule has 2 rings (SSSR count). The van der Waals surface area contributed by atoms with Gasteiger partial charge in [0.15, 0.2) is 4.21 Å². The van der Waals surface area contributed by atoms with Crippen molar-refractivity contribution in [3.63, 3.8) is 0 Å². The van der Waals surface area contributed by atoms with E-state index in [4.69, 9.17) is 28.5 Å². The van der Waals surface area contributed by atoms with Crippen LogP contribution in [0.1, 0.15) is 24.5 Å². The van der Waals surface area contributed by atoms with E-state index < -0.39 is 14.0 Å². The first kappa shape index (κ1) is 16.8. The van der Waals surface area contributed by atoms with Gasteiger partial charge in [0.1, 0.15) is 0 Å². The lowest BCUT2D eigenvalue weighted by Gasteiger charge is -2.26. The second-order valence-electron chi connectivity index (χ2n) is 4.74. The van der Waals surface area contributed by atoms with E-state index in [2.05, 4.69) is 0 Å². The highest BCUT2D eigenvalue weighted by molar-refractivity contribution is 7.93. The van der Waals surface area contributed by atoms with Crippen molar-refractivity contribution >= 4 is 33.0 Å². The number of alkyl halides is 1. The molecule has 22 heavy (non-hydrogen) atoms. The van der Waals surface area contributed by atoms with E-state index in [1.807, 2.05) is 6.07 Å². The Morgan fingerprint density at radius 2 is 1.82 bits per heavy atom. The predicted octanol–water partition coefficient (Wildman–Crippen LogP) is 4.49. The number of hydrogen-bond donors (Lipinski definition) is 0. The minimum absolute atomic E-state index is 0.130. The average Bonchev–Trinajstić information content (AvgIpc) is 2.54. The van der Waals surface area contributed by atoms with Crippen LogP contribution < -0.4 is 0 Å². The molecule has 1 unspecified atom stereocenters. The number of nitrogens with zero attached hydrogens (tertiary/aromatic N) is 1. The Bertz CT molecular complexity index is 829. The Hall–Kier alpha value is -1.54. The molecule has 6 heteroatoms. The number of hydrogen-bond acceptors (Lipinski definition) is 3. The normalized spacial score (nSPS) is 14.1. The highest BCUT2D eigenvalue weighted by Gasteiger charge is 2.43. The summed E-state index contributed by atoms with van der Waals surface area (Å²) in [5.74, 6) is 0. The maximum Gasteiger partial charge on any atom is 0.202 e. The number of halogens is 2. The average molecular weight is 354 g/mol.